The molecule has 0 spiro atoms. The van der Waals surface area contributed by atoms with Gasteiger partial charge in [-0.25, -0.2) is 0 Å². The fourth-order valence-corrected chi connectivity index (χ4v) is 1.34. The first-order valence-electron chi connectivity index (χ1n) is 5.98. The van der Waals surface area contributed by atoms with E-state index in [4.69, 9.17) is 4.42 Å². The molecule has 1 amide bonds. The van der Waals surface area contributed by atoms with Crippen LogP contribution in [0.25, 0.3) is 0 Å². The quantitative estimate of drug-likeness (QED) is 0.651. The van der Waals surface area contributed by atoms with Crippen LogP contribution in [0.3, 0.4) is 0 Å². The lowest BCUT2D eigenvalue weighted by Crippen LogP contribution is -2.39. The number of aromatic nitrogens is 2. The van der Waals surface area contributed by atoms with E-state index in [0.29, 0.717) is 25.0 Å². The fraction of sp³-hybridized carbons (Fsp3) is 0.727. The van der Waals surface area contributed by atoms with E-state index in [1.807, 2.05) is 20.8 Å². The summed E-state index contributed by atoms with van der Waals surface area (Å²) in [7, 11) is 1.62. The molecule has 0 aromatic carbocycles. The van der Waals surface area contributed by atoms with Gasteiger partial charge in [0, 0.05) is 13.6 Å². The number of amides is 1. The van der Waals surface area contributed by atoms with Crippen LogP contribution in [0.2, 0.25) is 0 Å². The molecule has 18 heavy (non-hydrogen) atoms. The first kappa shape index (κ1) is 14.4. The molecule has 0 radical (unpaired) electrons. The van der Waals surface area contributed by atoms with Crippen LogP contribution in [0.1, 0.15) is 26.7 Å². The normalized spacial score (nSPS) is 11.3. The molecule has 102 valence electrons. The highest BCUT2D eigenvalue weighted by atomic mass is 16.4. The third-order valence-corrected chi connectivity index (χ3v) is 2.52. The van der Waals surface area contributed by atoms with Crippen molar-refractivity contribution in [3.8, 4) is 0 Å². The molecule has 1 heterocycles. The number of hydrogen-bond acceptors (Lipinski definition) is 6. The molecule has 1 aromatic heterocycles. The number of anilines is 1. The van der Waals surface area contributed by atoms with Crippen LogP contribution in [0.15, 0.2) is 4.42 Å². The van der Waals surface area contributed by atoms with Gasteiger partial charge in [-0.15, -0.1) is 5.10 Å². The van der Waals surface area contributed by atoms with Crippen molar-refractivity contribution in [1.29, 1.82) is 0 Å². The maximum atomic E-state index is 11.6. The van der Waals surface area contributed by atoms with Crippen molar-refractivity contribution in [3.63, 3.8) is 0 Å². The lowest BCUT2D eigenvalue weighted by molar-refractivity contribution is -0.128. The van der Waals surface area contributed by atoms with E-state index >= 15 is 0 Å². The van der Waals surface area contributed by atoms with E-state index in [9.17, 15) is 4.79 Å². The molecule has 3 N–H and O–H groups in total. The van der Waals surface area contributed by atoms with E-state index in [0.717, 1.165) is 6.54 Å². The number of nitrogens with one attached hydrogen (secondary N) is 3. The van der Waals surface area contributed by atoms with Crippen molar-refractivity contribution in [2.75, 3.05) is 25.5 Å². The highest BCUT2D eigenvalue weighted by Crippen LogP contribution is 2.16. The average molecular weight is 255 g/mol. The highest BCUT2D eigenvalue weighted by molar-refractivity contribution is 5.82. The molecular formula is C11H21N5O2. The zero-order chi connectivity index (χ0) is 13.6. The van der Waals surface area contributed by atoms with Gasteiger partial charge in [0.2, 0.25) is 11.8 Å². The van der Waals surface area contributed by atoms with Gasteiger partial charge in [-0.3, -0.25) is 4.79 Å². The van der Waals surface area contributed by atoms with Gasteiger partial charge < -0.3 is 20.4 Å². The Morgan fingerprint density at radius 1 is 1.39 bits per heavy atom. The topological polar surface area (TPSA) is 92.1 Å². The average Bonchev–Trinajstić information content (AvgIpc) is 2.81. The second kappa shape index (κ2) is 6.34. The van der Waals surface area contributed by atoms with Crippen LogP contribution < -0.4 is 16.0 Å². The number of carbonyl (C=O) groups is 1. The molecule has 0 atom stereocenters. The Balaban J connectivity index is 2.48. The van der Waals surface area contributed by atoms with Gasteiger partial charge in [-0.05, 0) is 20.4 Å². The number of nitrogens with zero attached hydrogens (tertiary/aromatic N) is 2. The summed E-state index contributed by atoms with van der Waals surface area (Å²) in [6.45, 7) is 7.50. The van der Waals surface area contributed by atoms with E-state index in [-0.39, 0.29) is 5.91 Å². The summed E-state index contributed by atoms with van der Waals surface area (Å²) < 4.78 is 5.37. The van der Waals surface area contributed by atoms with Crippen LogP contribution in [-0.4, -0.2) is 36.2 Å². The Morgan fingerprint density at radius 2 is 2.11 bits per heavy atom. The second-order valence-electron chi connectivity index (χ2n) is 4.60. The van der Waals surface area contributed by atoms with Gasteiger partial charge in [0.05, 0.1) is 12.0 Å². The molecule has 0 saturated carbocycles. The maximum Gasteiger partial charge on any atom is 0.315 e. The Hall–Kier alpha value is -1.63. The molecule has 0 unspecified atom stereocenters. The van der Waals surface area contributed by atoms with Crippen molar-refractivity contribution < 1.29 is 9.21 Å². The smallest absolute Gasteiger partial charge is 0.315 e. The first-order valence-corrected chi connectivity index (χ1v) is 5.98. The lowest BCUT2D eigenvalue weighted by Gasteiger charge is -2.21. The first-order chi connectivity index (χ1) is 8.49. The van der Waals surface area contributed by atoms with Gasteiger partial charge in [-0.1, -0.05) is 12.0 Å². The summed E-state index contributed by atoms with van der Waals surface area (Å²) in [6, 6.07) is 0.333. The lowest BCUT2D eigenvalue weighted by atomic mass is 9.92. The van der Waals surface area contributed by atoms with Gasteiger partial charge in [0.25, 0.3) is 0 Å². The summed E-state index contributed by atoms with van der Waals surface area (Å²) in [6.07, 6.45) is 0. The molecule has 0 aliphatic carbocycles. The minimum Gasteiger partial charge on any atom is -0.407 e. The number of carbonyl (C=O) groups excluding carboxylic acids is 1. The molecule has 0 aliphatic heterocycles. The maximum absolute atomic E-state index is 11.6. The van der Waals surface area contributed by atoms with Crippen LogP contribution in [0.5, 0.6) is 0 Å². The molecule has 1 rings (SSSR count). The highest BCUT2D eigenvalue weighted by Gasteiger charge is 2.26. The van der Waals surface area contributed by atoms with Crippen molar-refractivity contribution in [1.82, 2.24) is 20.8 Å². The Labute approximate surface area is 107 Å². The zero-order valence-corrected chi connectivity index (χ0v) is 11.3. The monoisotopic (exact) mass is 255 g/mol. The summed E-state index contributed by atoms with van der Waals surface area (Å²) in [5.41, 5.74) is -0.537. The van der Waals surface area contributed by atoms with Crippen molar-refractivity contribution in [3.05, 3.63) is 5.89 Å². The minimum absolute atomic E-state index is 0.0395. The van der Waals surface area contributed by atoms with Gasteiger partial charge in [-0.2, -0.15) is 0 Å². The Morgan fingerprint density at radius 3 is 2.72 bits per heavy atom. The summed E-state index contributed by atoms with van der Waals surface area (Å²) in [5.74, 6) is 0.486. The summed E-state index contributed by atoms with van der Waals surface area (Å²) >= 11 is 0. The third-order valence-electron chi connectivity index (χ3n) is 2.52. The summed E-state index contributed by atoms with van der Waals surface area (Å²) in [4.78, 5) is 11.6. The van der Waals surface area contributed by atoms with E-state index in [1.54, 1.807) is 7.05 Å². The Kier molecular flexibility index (Phi) is 5.08. The molecule has 7 heteroatoms. The van der Waals surface area contributed by atoms with Crippen molar-refractivity contribution in [2.45, 2.75) is 27.3 Å². The SMILES string of the molecule is CCNCc1nnc(NCC(C)(C)C(=O)NC)o1. The molecule has 7 nitrogen and oxygen atoms in total. The van der Waals surface area contributed by atoms with Crippen molar-refractivity contribution >= 4 is 11.9 Å². The summed E-state index contributed by atoms with van der Waals surface area (Å²) in [5, 5.41) is 16.4. The van der Waals surface area contributed by atoms with Gasteiger partial charge in [0.15, 0.2) is 0 Å². The molecule has 0 aliphatic rings. The second-order valence-corrected chi connectivity index (χ2v) is 4.60. The molecule has 0 fully saturated rings. The molecule has 1 aromatic rings. The minimum atomic E-state index is -0.537. The standard InChI is InChI=1S/C11H21N5O2/c1-5-13-6-8-15-16-10(18-8)14-7-11(2,3)9(17)12-4/h13H,5-7H2,1-4H3,(H,12,17)(H,14,16). The predicted octanol–water partition coefficient (Wildman–Crippen LogP) is 0.363. The van der Waals surface area contributed by atoms with E-state index in [2.05, 4.69) is 26.1 Å². The largest absolute Gasteiger partial charge is 0.407 e. The van der Waals surface area contributed by atoms with Crippen LogP contribution in [0.4, 0.5) is 6.01 Å². The molecular weight excluding hydrogens is 234 g/mol. The fourth-order valence-electron chi connectivity index (χ4n) is 1.34. The zero-order valence-electron chi connectivity index (χ0n) is 11.3. The van der Waals surface area contributed by atoms with Gasteiger partial charge >= 0.3 is 6.01 Å². The number of hydrogen-bond donors (Lipinski definition) is 3. The van der Waals surface area contributed by atoms with Gasteiger partial charge in [0.1, 0.15) is 0 Å². The third kappa shape index (κ3) is 3.99. The predicted molar refractivity (Wildman–Crippen MR) is 68.0 cm³/mol. The van der Waals surface area contributed by atoms with E-state index < -0.39 is 5.41 Å². The van der Waals surface area contributed by atoms with E-state index in [1.165, 1.54) is 0 Å². The van der Waals surface area contributed by atoms with Crippen molar-refractivity contribution in [2.24, 2.45) is 5.41 Å². The molecule has 0 bridgehead atoms. The molecule has 0 saturated heterocycles. The number of rotatable bonds is 7. The van der Waals surface area contributed by atoms with Crippen LogP contribution in [0, 0.1) is 5.41 Å². The van der Waals surface area contributed by atoms with Crippen LogP contribution in [-0.2, 0) is 11.3 Å². The van der Waals surface area contributed by atoms with Crippen LogP contribution >= 0.6 is 0 Å². The Bertz CT molecular complexity index is 389.